The van der Waals surface area contributed by atoms with Crippen LogP contribution in [0.2, 0.25) is 0 Å². The lowest BCUT2D eigenvalue weighted by Crippen LogP contribution is -2.20. The molecular weight excluding hydrogens is 556 g/mol. The van der Waals surface area contributed by atoms with Gasteiger partial charge in [-0.15, -0.1) is 0 Å². The lowest BCUT2D eigenvalue weighted by Gasteiger charge is -2.09. The van der Waals surface area contributed by atoms with Crippen molar-refractivity contribution in [1.82, 2.24) is 9.66 Å². The van der Waals surface area contributed by atoms with Crippen molar-refractivity contribution in [1.29, 1.82) is 0 Å². The molecule has 33 heavy (non-hydrogen) atoms. The number of aromatic nitrogens is 2. The van der Waals surface area contributed by atoms with Gasteiger partial charge in [0.05, 0.1) is 26.5 Å². The summed E-state index contributed by atoms with van der Waals surface area (Å²) < 4.78 is 8.52. The zero-order chi connectivity index (χ0) is 23.5. The average molecular weight is 572 g/mol. The van der Waals surface area contributed by atoms with E-state index in [-0.39, 0.29) is 17.9 Å². The largest absolute Gasteiger partial charge is 0.488 e. The monoisotopic (exact) mass is 570 g/mol. The number of hydrogen-bond donors (Lipinski definition) is 0. The molecule has 0 amide bonds. The van der Waals surface area contributed by atoms with Gasteiger partial charge in [-0.3, -0.25) is 14.9 Å². The van der Waals surface area contributed by atoms with E-state index in [9.17, 15) is 14.9 Å². The van der Waals surface area contributed by atoms with E-state index in [1.807, 2.05) is 6.07 Å². The van der Waals surface area contributed by atoms with Crippen LogP contribution in [0.1, 0.15) is 17.0 Å². The number of rotatable bonds is 6. The van der Waals surface area contributed by atoms with Crippen molar-refractivity contribution in [3.05, 3.63) is 107 Å². The van der Waals surface area contributed by atoms with Crippen molar-refractivity contribution in [2.45, 2.75) is 13.5 Å². The van der Waals surface area contributed by atoms with Crippen LogP contribution >= 0.6 is 31.9 Å². The normalized spacial score (nSPS) is 11.2. The fourth-order valence-electron chi connectivity index (χ4n) is 3.16. The number of ether oxygens (including phenoxy) is 1. The van der Waals surface area contributed by atoms with Crippen molar-refractivity contribution in [2.24, 2.45) is 5.10 Å². The van der Waals surface area contributed by atoms with Crippen molar-refractivity contribution >= 4 is 54.7 Å². The molecule has 8 nitrogen and oxygen atoms in total. The highest BCUT2D eigenvalue weighted by atomic mass is 79.9. The van der Waals surface area contributed by atoms with Gasteiger partial charge < -0.3 is 4.74 Å². The van der Waals surface area contributed by atoms with Crippen LogP contribution in [0, 0.1) is 17.0 Å². The number of nitro benzene ring substituents is 1. The average Bonchev–Trinajstić information content (AvgIpc) is 2.79. The number of nitrogens with zero attached hydrogens (tertiary/aromatic N) is 4. The molecule has 0 fully saturated rings. The summed E-state index contributed by atoms with van der Waals surface area (Å²) in [5, 5.41) is 15.7. The third-order valence-corrected chi connectivity index (χ3v) is 5.88. The molecule has 0 N–H and O–H groups in total. The van der Waals surface area contributed by atoms with E-state index in [0.29, 0.717) is 32.5 Å². The molecule has 0 saturated heterocycles. The standard InChI is InChI=1S/C23H16Br2N4O4/c1-14-27-21-7-6-17(24)11-19(21)23(30)28(14)26-12-15-5-8-22(20(25)10-15)33-13-16-3-2-4-18(9-16)29(31)32/h2-12H,13H2,1H3. The second-order valence-corrected chi connectivity index (χ2v) is 8.86. The minimum atomic E-state index is -0.440. The van der Waals surface area contributed by atoms with Gasteiger partial charge in [-0.25, -0.2) is 4.98 Å². The summed E-state index contributed by atoms with van der Waals surface area (Å²) in [7, 11) is 0. The predicted molar refractivity (Wildman–Crippen MR) is 133 cm³/mol. The summed E-state index contributed by atoms with van der Waals surface area (Å²) in [5.41, 5.74) is 1.80. The van der Waals surface area contributed by atoms with Crippen LogP contribution in [0.25, 0.3) is 10.9 Å². The Bertz CT molecular complexity index is 1470. The Balaban J connectivity index is 1.53. The smallest absolute Gasteiger partial charge is 0.282 e. The summed E-state index contributed by atoms with van der Waals surface area (Å²) in [4.78, 5) is 27.8. The Morgan fingerprint density at radius 1 is 1.15 bits per heavy atom. The summed E-state index contributed by atoms with van der Waals surface area (Å²) in [6.45, 7) is 1.90. The molecule has 0 aliphatic rings. The highest BCUT2D eigenvalue weighted by molar-refractivity contribution is 9.10. The zero-order valence-electron chi connectivity index (χ0n) is 17.2. The molecule has 0 bridgehead atoms. The van der Waals surface area contributed by atoms with Gasteiger partial charge in [0.25, 0.3) is 11.2 Å². The van der Waals surface area contributed by atoms with Crippen LogP contribution in [-0.4, -0.2) is 20.8 Å². The molecule has 0 saturated carbocycles. The molecule has 0 aliphatic heterocycles. The summed E-state index contributed by atoms with van der Waals surface area (Å²) >= 11 is 6.85. The number of nitro groups is 1. The first-order chi connectivity index (χ1) is 15.8. The van der Waals surface area contributed by atoms with Crippen LogP contribution in [0.5, 0.6) is 5.75 Å². The number of benzene rings is 3. The third-order valence-electron chi connectivity index (χ3n) is 4.76. The van der Waals surface area contributed by atoms with Gasteiger partial charge in [-0.2, -0.15) is 9.78 Å². The SMILES string of the molecule is Cc1nc2ccc(Br)cc2c(=O)n1N=Cc1ccc(OCc2cccc([N+](=O)[O-])c2)c(Br)c1. The Kier molecular flexibility index (Phi) is 6.66. The second kappa shape index (κ2) is 9.63. The van der Waals surface area contributed by atoms with Gasteiger partial charge in [-0.1, -0.05) is 28.1 Å². The number of hydrogen-bond acceptors (Lipinski definition) is 6. The van der Waals surface area contributed by atoms with E-state index in [4.69, 9.17) is 4.74 Å². The maximum absolute atomic E-state index is 12.8. The highest BCUT2D eigenvalue weighted by Crippen LogP contribution is 2.27. The zero-order valence-corrected chi connectivity index (χ0v) is 20.4. The highest BCUT2D eigenvalue weighted by Gasteiger charge is 2.09. The van der Waals surface area contributed by atoms with Gasteiger partial charge in [0.15, 0.2) is 0 Å². The molecule has 3 aromatic carbocycles. The number of fused-ring (bicyclic) bond motifs is 1. The number of aryl methyl sites for hydroxylation is 1. The molecule has 0 atom stereocenters. The summed E-state index contributed by atoms with van der Waals surface area (Å²) in [6, 6.07) is 17.0. The summed E-state index contributed by atoms with van der Waals surface area (Å²) in [6.07, 6.45) is 1.56. The first kappa shape index (κ1) is 22.8. The third kappa shape index (κ3) is 5.18. The maximum atomic E-state index is 12.8. The van der Waals surface area contributed by atoms with Crippen molar-refractivity contribution in [3.8, 4) is 5.75 Å². The Hall–Kier alpha value is -3.37. The molecule has 4 aromatic rings. The van der Waals surface area contributed by atoms with Gasteiger partial charge >= 0.3 is 0 Å². The van der Waals surface area contributed by atoms with Gasteiger partial charge in [0, 0.05) is 16.6 Å². The van der Waals surface area contributed by atoms with Gasteiger partial charge in [0.2, 0.25) is 0 Å². The van der Waals surface area contributed by atoms with E-state index in [1.165, 1.54) is 16.8 Å². The topological polar surface area (TPSA) is 99.6 Å². The fourth-order valence-corrected chi connectivity index (χ4v) is 4.03. The summed E-state index contributed by atoms with van der Waals surface area (Å²) in [5.74, 6) is 1.05. The van der Waals surface area contributed by atoms with Crippen molar-refractivity contribution in [3.63, 3.8) is 0 Å². The Morgan fingerprint density at radius 2 is 1.97 bits per heavy atom. The van der Waals surface area contributed by atoms with Crippen molar-refractivity contribution < 1.29 is 9.66 Å². The van der Waals surface area contributed by atoms with E-state index in [0.717, 1.165) is 10.0 Å². The molecule has 4 rings (SSSR count). The van der Waals surface area contributed by atoms with E-state index in [2.05, 4.69) is 41.9 Å². The van der Waals surface area contributed by atoms with E-state index < -0.39 is 4.92 Å². The first-order valence-electron chi connectivity index (χ1n) is 9.71. The predicted octanol–water partition coefficient (Wildman–Crippen LogP) is 5.60. The maximum Gasteiger partial charge on any atom is 0.282 e. The minimum Gasteiger partial charge on any atom is -0.488 e. The van der Waals surface area contributed by atoms with E-state index >= 15 is 0 Å². The van der Waals surface area contributed by atoms with E-state index in [1.54, 1.807) is 55.6 Å². The quantitative estimate of drug-likeness (QED) is 0.170. The van der Waals surface area contributed by atoms with Crippen LogP contribution in [0.4, 0.5) is 5.69 Å². The second-order valence-electron chi connectivity index (χ2n) is 7.09. The lowest BCUT2D eigenvalue weighted by atomic mass is 10.2. The van der Waals surface area contributed by atoms with Gasteiger partial charge in [0.1, 0.15) is 18.2 Å². The fraction of sp³-hybridized carbons (Fsp3) is 0.0870. The Labute approximate surface area is 204 Å². The molecule has 0 aliphatic carbocycles. The molecule has 0 radical (unpaired) electrons. The first-order valence-corrected chi connectivity index (χ1v) is 11.3. The molecular formula is C23H16Br2N4O4. The lowest BCUT2D eigenvalue weighted by molar-refractivity contribution is -0.384. The minimum absolute atomic E-state index is 0.0165. The molecule has 10 heteroatoms. The Morgan fingerprint density at radius 3 is 2.73 bits per heavy atom. The van der Waals surface area contributed by atoms with Crippen molar-refractivity contribution in [2.75, 3.05) is 0 Å². The van der Waals surface area contributed by atoms with Gasteiger partial charge in [-0.05, 0) is 70.4 Å². The number of halogens is 2. The molecule has 0 spiro atoms. The molecule has 166 valence electrons. The molecule has 0 unspecified atom stereocenters. The van der Waals surface area contributed by atoms with Crippen LogP contribution in [-0.2, 0) is 6.61 Å². The van der Waals surface area contributed by atoms with Crippen LogP contribution in [0.15, 0.2) is 79.5 Å². The number of non-ortho nitro benzene ring substituents is 1. The van der Waals surface area contributed by atoms with Crippen LogP contribution in [0.3, 0.4) is 0 Å². The molecule has 1 aromatic heterocycles. The molecule has 1 heterocycles. The van der Waals surface area contributed by atoms with Crippen LogP contribution < -0.4 is 10.3 Å².